The Kier molecular flexibility index (Phi) is 3.95. The van der Waals surface area contributed by atoms with Crippen LogP contribution in [0.25, 0.3) is 0 Å². The quantitative estimate of drug-likeness (QED) is 0.651. The molecular weight excluding hydrogens is 288 g/mol. The molecule has 0 unspecified atom stereocenters. The molecule has 0 radical (unpaired) electrons. The van der Waals surface area contributed by atoms with Crippen LogP contribution in [0.15, 0.2) is 18.3 Å². The van der Waals surface area contributed by atoms with E-state index in [9.17, 15) is 14.9 Å². The number of rotatable bonds is 4. The van der Waals surface area contributed by atoms with Gasteiger partial charge in [0, 0.05) is 36.6 Å². The van der Waals surface area contributed by atoms with Crippen molar-refractivity contribution >= 4 is 17.6 Å². The molecule has 0 bridgehead atoms. The summed E-state index contributed by atoms with van der Waals surface area (Å²) in [5, 5.41) is 14.0. The molecule has 1 aromatic heterocycles. The lowest BCUT2D eigenvalue weighted by Gasteiger charge is -2.54. The average Bonchev–Trinajstić information content (AvgIpc) is 2.34. The molecule has 1 aliphatic rings. The molecule has 1 heterocycles. The number of hydrogen-bond donors (Lipinski definition) is 2. The van der Waals surface area contributed by atoms with Crippen molar-refractivity contribution in [1.29, 1.82) is 0 Å². The van der Waals surface area contributed by atoms with Gasteiger partial charge in [-0.1, -0.05) is 20.8 Å². The van der Waals surface area contributed by atoms with Crippen molar-refractivity contribution in [3.8, 4) is 0 Å². The lowest BCUT2D eigenvalue weighted by Crippen LogP contribution is -2.61. The van der Waals surface area contributed by atoms with Crippen LogP contribution in [0.3, 0.4) is 0 Å². The van der Waals surface area contributed by atoms with Gasteiger partial charge in [0.2, 0.25) is 5.82 Å². The number of nitrogens with two attached hydrogens (primary N) is 1. The van der Waals surface area contributed by atoms with Crippen LogP contribution in [0.2, 0.25) is 0 Å². The summed E-state index contributed by atoms with van der Waals surface area (Å²) in [6.07, 6.45) is 1.72. The first kappa shape index (κ1) is 16.0. The maximum atomic E-state index is 11.1. The highest BCUT2D eigenvalue weighted by molar-refractivity contribution is 5.65. The number of nitro groups is 1. The molecular formula is C14H20N4O4. The smallest absolute Gasteiger partial charge is 0.405 e. The van der Waals surface area contributed by atoms with Crippen LogP contribution in [0, 0.1) is 15.5 Å². The molecule has 0 spiro atoms. The van der Waals surface area contributed by atoms with E-state index in [1.54, 1.807) is 0 Å². The van der Waals surface area contributed by atoms with E-state index in [0.29, 0.717) is 12.8 Å². The maximum Gasteiger partial charge on any atom is 0.405 e. The van der Waals surface area contributed by atoms with E-state index in [0.717, 1.165) is 0 Å². The second-order valence-corrected chi connectivity index (χ2v) is 6.54. The van der Waals surface area contributed by atoms with Crippen molar-refractivity contribution in [1.82, 2.24) is 4.98 Å². The highest BCUT2D eigenvalue weighted by Gasteiger charge is 2.55. The molecule has 1 aliphatic carbocycles. The van der Waals surface area contributed by atoms with E-state index in [-0.39, 0.29) is 23.0 Å². The number of ether oxygens (including phenoxy) is 1. The summed E-state index contributed by atoms with van der Waals surface area (Å²) in [5.74, 6) is 0.221. The van der Waals surface area contributed by atoms with Gasteiger partial charge >= 0.3 is 11.8 Å². The molecule has 3 N–H and O–H groups in total. The highest BCUT2D eigenvalue weighted by atomic mass is 16.6. The lowest BCUT2D eigenvalue weighted by molar-refractivity contribution is -0.384. The zero-order valence-corrected chi connectivity index (χ0v) is 12.8. The zero-order chi connectivity index (χ0) is 16.5. The van der Waals surface area contributed by atoms with Crippen molar-refractivity contribution < 1.29 is 14.5 Å². The minimum absolute atomic E-state index is 0.0628. The Morgan fingerprint density at radius 2 is 2.18 bits per heavy atom. The van der Waals surface area contributed by atoms with E-state index in [1.807, 2.05) is 20.8 Å². The topological polar surface area (TPSA) is 120 Å². The fraction of sp³-hybridized carbons (Fsp3) is 0.571. The molecule has 0 aliphatic heterocycles. The van der Waals surface area contributed by atoms with Gasteiger partial charge in [-0.25, -0.2) is 9.78 Å². The predicted molar refractivity (Wildman–Crippen MR) is 80.4 cm³/mol. The van der Waals surface area contributed by atoms with Crippen molar-refractivity contribution in [3.63, 3.8) is 0 Å². The minimum Gasteiger partial charge on any atom is -0.442 e. The number of nitrogens with zero attached hydrogens (tertiary/aromatic N) is 2. The molecule has 120 valence electrons. The minimum atomic E-state index is -0.808. The summed E-state index contributed by atoms with van der Waals surface area (Å²) >= 11 is 0. The Bertz CT molecular complexity index is 591. The van der Waals surface area contributed by atoms with Crippen LogP contribution in [-0.4, -0.2) is 27.6 Å². The Morgan fingerprint density at radius 1 is 1.55 bits per heavy atom. The van der Waals surface area contributed by atoms with E-state index in [4.69, 9.17) is 10.5 Å². The van der Waals surface area contributed by atoms with Gasteiger partial charge in [0.05, 0.1) is 4.92 Å². The number of carbonyl (C=O) groups is 1. The van der Waals surface area contributed by atoms with Gasteiger partial charge in [-0.05, 0) is 6.07 Å². The van der Waals surface area contributed by atoms with Crippen LogP contribution in [0.5, 0.6) is 0 Å². The van der Waals surface area contributed by atoms with E-state index in [1.165, 1.54) is 18.3 Å². The van der Waals surface area contributed by atoms with Crippen LogP contribution >= 0.6 is 0 Å². The van der Waals surface area contributed by atoms with Gasteiger partial charge < -0.3 is 15.8 Å². The number of aromatic nitrogens is 1. The van der Waals surface area contributed by atoms with Crippen LogP contribution in [-0.2, 0) is 4.74 Å². The van der Waals surface area contributed by atoms with Gasteiger partial charge in [0.15, 0.2) is 0 Å². The largest absolute Gasteiger partial charge is 0.442 e. The third-order valence-corrected chi connectivity index (χ3v) is 4.14. The van der Waals surface area contributed by atoms with E-state index < -0.39 is 16.6 Å². The summed E-state index contributed by atoms with van der Waals surface area (Å²) in [7, 11) is 0. The van der Waals surface area contributed by atoms with E-state index >= 15 is 0 Å². The Morgan fingerprint density at radius 3 is 2.68 bits per heavy atom. The number of carbonyl (C=O) groups excluding carboxylic acids is 1. The fourth-order valence-corrected chi connectivity index (χ4v) is 2.73. The molecule has 1 amide bonds. The second-order valence-electron chi connectivity index (χ2n) is 6.54. The number of primary amides is 1. The average molecular weight is 308 g/mol. The summed E-state index contributed by atoms with van der Waals surface area (Å²) in [6.45, 7) is 5.90. The Hall–Kier alpha value is -2.38. The number of anilines is 1. The number of amides is 1. The molecule has 1 saturated carbocycles. The van der Waals surface area contributed by atoms with Crippen molar-refractivity contribution in [2.24, 2.45) is 11.1 Å². The van der Waals surface area contributed by atoms with Crippen LogP contribution < -0.4 is 11.1 Å². The lowest BCUT2D eigenvalue weighted by atomic mass is 9.61. The van der Waals surface area contributed by atoms with Gasteiger partial charge in [0.25, 0.3) is 0 Å². The number of hydrogen-bond acceptors (Lipinski definition) is 6. The summed E-state index contributed by atoms with van der Waals surface area (Å²) in [6, 6.07) is 2.84. The summed E-state index contributed by atoms with van der Waals surface area (Å²) in [4.78, 5) is 25.6. The molecule has 0 aromatic carbocycles. The first-order valence-corrected chi connectivity index (χ1v) is 6.99. The van der Waals surface area contributed by atoms with Crippen LogP contribution in [0.1, 0.15) is 33.6 Å². The van der Waals surface area contributed by atoms with Gasteiger partial charge in [-0.15, -0.1) is 0 Å². The van der Waals surface area contributed by atoms with Crippen molar-refractivity contribution in [2.45, 2.75) is 45.3 Å². The Labute approximate surface area is 128 Å². The van der Waals surface area contributed by atoms with Gasteiger partial charge in [-0.3, -0.25) is 10.1 Å². The third-order valence-electron chi connectivity index (χ3n) is 4.14. The molecule has 0 atom stereocenters. The molecule has 1 fully saturated rings. The normalized spacial score (nSPS) is 24.2. The molecule has 0 saturated heterocycles. The first-order chi connectivity index (χ1) is 10.1. The SMILES string of the molecule is CC(C)(C)C1(OC(N)=O)CC(Nc2ncccc2[N+](=O)[O-])C1. The molecule has 8 heteroatoms. The second kappa shape index (κ2) is 5.43. The standard InChI is InChI=1S/C14H20N4O4/c1-13(2,3)14(22-12(15)19)7-9(8-14)17-11-10(18(20)21)5-4-6-16-11/h4-6,9H,7-8H2,1-3H3,(H2,15,19)(H,16,17). The van der Waals surface area contributed by atoms with Gasteiger partial charge in [0.1, 0.15) is 5.60 Å². The van der Waals surface area contributed by atoms with Crippen LogP contribution in [0.4, 0.5) is 16.3 Å². The Balaban J connectivity index is 2.10. The fourth-order valence-electron chi connectivity index (χ4n) is 2.73. The van der Waals surface area contributed by atoms with Crippen molar-refractivity contribution in [2.75, 3.05) is 5.32 Å². The predicted octanol–water partition coefficient (Wildman–Crippen LogP) is 2.44. The highest BCUT2D eigenvalue weighted by Crippen LogP contribution is 2.49. The zero-order valence-electron chi connectivity index (χ0n) is 12.8. The van der Waals surface area contributed by atoms with Crippen molar-refractivity contribution in [3.05, 3.63) is 28.4 Å². The molecule has 2 rings (SSSR count). The molecule has 1 aromatic rings. The first-order valence-electron chi connectivity index (χ1n) is 6.99. The molecule has 22 heavy (non-hydrogen) atoms. The third kappa shape index (κ3) is 2.95. The summed E-state index contributed by atoms with van der Waals surface area (Å²) in [5.41, 5.74) is 4.14. The monoisotopic (exact) mass is 308 g/mol. The number of nitrogens with one attached hydrogen (secondary N) is 1. The van der Waals surface area contributed by atoms with E-state index in [2.05, 4.69) is 10.3 Å². The molecule has 8 nitrogen and oxygen atoms in total. The summed E-state index contributed by atoms with van der Waals surface area (Å²) < 4.78 is 5.33. The maximum absolute atomic E-state index is 11.1. The number of pyridine rings is 1. The van der Waals surface area contributed by atoms with Gasteiger partial charge in [-0.2, -0.15) is 0 Å².